The minimum Gasteiger partial charge on any atom is -0.460 e. The molecular formula is C42H56N6O8S2. The Kier molecular flexibility index (Phi) is 11.8. The van der Waals surface area contributed by atoms with E-state index in [4.69, 9.17) is 9.72 Å². The number of fused-ring (bicyclic) bond motifs is 4. The molecule has 0 radical (unpaired) electrons. The van der Waals surface area contributed by atoms with Crippen LogP contribution in [0.15, 0.2) is 41.8 Å². The molecule has 14 nitrogen and oxygen atoms in total. The van der Waals surface area contributed by atoms with E-state index in [2.05, 4.69) is 15.4 Å². The smallest absolute Gasteiger partial charge is 0.307 e. The first-order valence-electron chi connectivity index (χ1n) is 20.6. The normalized spacial score (nSPS) is 28.3. The summed E-state index contributed by atoms with van der Waals surface area (Å²) >= 11 is 1.49. The van der Waals surface area contributed by atoms with Crippen molar-refractivity contribution in [2.24, 2.45) is 23.7 Å². The minimum absolute atomic E-state index is 0.140. The van der Waals surface area contributed by atoms with E-state index in [0.29, 0.717) is 44.2 Å². The highest BCUT2D eigenvalue weighted by Gasteiger charge is 2.63. The Balaban J connectivity index is 1.16. The van der Waals surface area contributed by atoms with Crippen LogP contribution in [0.1, 0.15) is 103 Å². The van der Waals surface area contributed by atoms with Crippen molar-refractivity contribution in [1.29, 1.82) is 0 Å². The van der Waals surface area contributed by atoms with Crippen LogP contribution in [0.25, 0.3) is 11.3 Å². The zero-order valence-corrected chi connectivity index (χ0v) is 35.6. The zero-order valence-electron chi connectivity index (χ0n) is 34.0. The van der Waals surface area contributed by atoms with Crippen LogP contribution in [0.4, 0.5) is 5.13 Å². The van der Waals surface area contributed by atoms with E-state index < -0.39 is 68.0 Å². The Hall–Kier alpha value is -4.31. The molecule has 3 N–H and O–H groups in total. The first-order chi connectivity index (χ1) is 27.4. The number of likely N-dealkylation sites (tertiary alicyclic amines) is 1. The number of aromatic nitrogens is 1. The molecule has 0 spiro atoms. The number of hydrogen-bond acceptors (Lipinski definition) is 11. The minimum atomic E-state index is -3.90. The molecule has 2 saturated heterocycles. The molecule has 4 amide bonds. The predicted molar refractivity (Wildman–Crippen MR) is 220 cm³/mol. The number of esters is 1. The third-order valence-corrected chi connectivity index (χ3v) is 14.4. The van der Waals surface area contributed by atoms with Crippen molar-refractivity contribution in [2.75, 3.05) is 25.0 Å². The number of carbonyl (C=O) groups is 5. The number of sulfonamides is 1. The number of thiazole rings is 1. The van der Waals surface area contributed by atoms with Crippen molar-refractivity contribution in [3.63, 3.8) is 0 Å². The van der Waals surface area contributed by atoms with Crippen LogP contribution in [0.5, 0.6) is 0 Å². The van der Waals surface area contributed by atoms with Crippen molar-refractivity contribution in [2.45, 2.75) is 121 Å². The van der Waals surface area contributed by atoms with E-state index >= 15 is 0 Å². The van der Waals surface area contributed by atoms with E-state index in [0.717, 1.165) is 29.2 Å². The summed E-state index contributed by atoms with van der Waals surface area (Å²) in [6, 6.07) is 6.46. The molecule has 0 unspecified atom stereocenters. The number of anilines is 1. The van der Waals surface area contributed by atoms with Crippen molar-refractivity contribution in [1.82, 2.24) is 24.8 Å². The second kappa shape index (κ2) is 16.4. The molecule has 6 atom stereocenters. The monoisotopic (exact) mass is 836 g/mol. The highest BCUT2D eigenvalue weighted by Crippen LogP contribution is 2.47. The summed E-state index contributed by atoms with van der Waals surface area (Å²) in [5.41, 5.74) is -0.230. The lowest BCUT2D eigenvalue weighted by molar-refractivity contribution is -0.159. The summed E-state index contributed by atoms with van der Waals surface area (Å²) in [4.78, 5) is 78.6. The number of benzene rings is 1. The van der Waals surface area contributed by atoms with Gasteiger partial charge in [0.05, 0.1) is 17.4 Å². The number of hydrogen-bond donors (Lipinski definition) is 3. The van der Waals surface area contributed by atoms with Crippen LogP contribution in [-0.2, 0) is 33.9 Å². The van der Waals surface area contributed by atoms with E-state index in [1.165, 1.54) is 11.3 Å². The summed E-state index contributed by atoms with van der Waals surface area (Å²) in [5.74, 6) is -4.29. The molecule has 2 saturated carbocycles. The van der Waals surface area contributed by atoms with Crippen molar-refractivity contribution < 1.29 is 37.1 Å². The molecule has 58 heavy (non-hydrogen) atoms. The van der Waals surface area contributed by atoms with Gasteiger partial charge in [-0.25, -0.2) is 13.4 Å². The zero-order chi connectivity index (χ0) is 41.6. The average molecular weight is 837 g/mol. The van der Waals surface area contributed by atoms with Gasteiger partial charge in [0.2, 0.25) is 21.8 Å². The van der Waals surface area contributed by atoms with Crippen molar-refractivity contribution >= 4 is 56.1 Å². The van der Waals surface area contributed by atoms with Gasteiger partial charge in [0.15, 0.2) is 5.13 Å². The maximum absolute atomic E-state index is 14.7. The molecule has 314 valence electrons. The molecule has 7 rings (SSSR count). The molecule has 4 heterocycles. The van der Waals surface area contributed by atoms with Gasteiger partial charge in [0.1, 0.15) is 17.2 Å². The van der Waals surface area contributed by atoms with Gasteiger partial charge >= 0.3 is 5.97 Å². The molecule has 16 heteroatoms. The van der Waals surface area contributed by atoms with Crippen LogP contribution in [0.3, 0.4) is 0 Å². The molecule has 1 aromatic carbocycles. The van der Waals surface area contributed by atoms with Gasteiger partial charge in [0, 0.05) is 65.9 Å². The fourth-order valence-electron chi connectivity index (χ4n) is 8.67. The Morgan fingerprint density at radius 2 is 1.84 bits per heavy atom. The van der Waals surface area contributed by atoms with Gasteiger partial charge in [-0.2, -0.15) is 0 Å². The lowest BCUT2D eigenvalue weighted by atomic mass is 9.92. The quantitative estimate of drug-likeness (QED) is 0.233. The van der Waals surface area contributed by atoms with Gasteiger partial charge in [-0.15, -0.1) is 11.3 Å². The van der Waals surface area contributed by atoms with E-state index in [1.807, 2.05) is 49.6 Å². The van der Waals surface area contributed by atoms with Gasteiger partial charge in [0.25, 0.3) is 11.8 Å². The third-order valence-electron chi connectivity index (χ3n) is 11.8. The second-order valence-electron chi connectivity index (χ2n) is 18.0. The fraction of sp³-hybridized carbons (Fsp3) is 0.619. The number of allylic oxidation sites excluding steroid dienone is 1. The van der Waals surface area contributed by atoms with E-state index in [1.54, 1.807) is 36.6 Å². The summed E-state index contributed by atoms with van der Waals surface area (Å²) < 4.78 is 33.8. The van der Waals surface area contributed by atoms with E-state index in [-0.39, 0.29) is 49.7 Å². The summed E-state index contributed by atoms with van der Waals surface area (Å²) in [6.45, 7) is 10.1. The maximum Gasteiger partial charge on any atom is 0.307 e. The highest BCUT2D eigenvalue weighted by molar-refractivity contribution is 7.91. The SMILES string of the molecule is CC(C)Nc1nc(-c2cccc(C(=O)N3C[C@H]4CN5C(=O)[C@@H](CC(=O)OC(C)(C)C)CCCCC/C=C\[C@@H]6C[C@@]6(C(=O)NS(=O)(=O)C6CC6)NC(=O)[C@@H]5[C@H]4C3)c2)cs1. The van der Waals surface area contributed by atoms with Crippen molar-refractivity contribution in [3.8, 4) is 11.3 Å². The molecule has 1 aromatic heterocycles. The molecule has 0 bridgehead atoms. The molecule has 2 aliphatic carbocycles. The van der Waals surface area contributed by atoms with Gasteiger partial charge < -0.3 is 25.2 Å². The molecular weight excluding hydrogens is 781 g/mol. The van der Waals surface area contributed by atoms with Crippen molar-refractivity contribution in [3.05, 3.63) is 47.4 Å². The maximum atomic E-state index is 14.7. The Labute approximate surface area is 345 Å². The Morgan fingerprint density at radius 1 is 1.07 bits per heavy atom. The average Bonchev–Trinajstić information content (AvgIpc) is 3.98. The Bertz CT molecular complexity index is 2070. The fourth-order valence-corrected chi connectivity index (χ4v) is 10.9. The molecule has 4 fully saturated rings. The summed E-state index contributed by atoms with van der Waals surface area (Å²) in [5, 5.41) is 8.37. The molecule has 2 aromatic rings. The lowest BCUT2D eigenvalue weighted by Crippen LogP contribution is -2.58. The number of nitrogens with zero attached hydrogens (tertiary/aromatic N) is 3. The largest absolute Gasteiger partial charge is 0.460 e. The van der Waals surface area contributed by atoms with Gasteiger partial charge in [-0.1, -0.05) is 37.1 Å². The number of nitrogens with one attached hydrogen (secondary N) is 3. The standard InChI is InChI=1S/C42H56N6O8S2/c1-25(2)43-40-44-33(24-57-40)26-13-11-14-27(18-26)37(51)47-21-29-22-48-35(32(29)23-47)36(50)45-42(39(53)46-58(54,55)31-16-17-31)20-30(42)15-10-8-6-7-9-12-28(38(48)52)19-34(49)56-41(3,4)5/h10-11,13-15,18,24-25,28-32,35H,6-9,12,16-17,19-23H2,1-5H3,(H,43,44)(H,45,50)(H,46,53)/b15-10-/t28-,29+,30-,32+,35+,42-/m1/s1. The van der Waals surface area contributed by atoms with Gasteiger partial charge in [-0.3, -0.25) is 28.7 Å². The first kappa shape index (κ1) is 41.8. The van der Waals surface area contributed by atoms with Crippen LogP contribution in [-0.4, -0.2) is 101 Å². The van der Waals surface area contributed by atoms with Crippen LogP contribution in [0, 0.1) is 23.7 Å². The number of ether oxygens (including phenoxy) is 1. The number of rotatable bonds is 9. The summed E-state index contributed by atoms with van der Waals surface area (Å²) in [7, 11) is -3.90. The number of amides is 4. The van der Waals surface area contributed by atoms with Crippen LogP contribution >= 0.6 is 11.3 Å². The predicted octanol–water partition coefficient (Wildman–Crippen LogP) is 4.88. The summed E-state index contributed by atoms with van der Waals surface area (Å²) in [6.07, 6.45) is 8.33. The molecule has 3 aliphatic heterocycles. The lowest BCUT2D eigenvalue weighted by Gasteiger charge is -2.33. The van der Waals surface area contributed by atoms with Crippen LogP contribution < -0.4 is 15.4 Å². The first-order valence-corrected chi connectivity index (χ1v) is 23.1. The molecule has 5 aliphatic rings. The Morgan fingerprint density at radius 3 is 2.57 bits per heavy atom. The topological polar surface area (TPSA) is 184 Å². The van der Waals surface area contributed by atoms with Crippen LogP contribution in [0.2, 0.25) is 0 Å². The second-order valence-corrected chi connectivity index (χ2v) is 20.8. The highest BCUT2D eigenvalue weighted by atomic mass is 32.2. The number of carbonyl (C=O) groups excluding carboxylic acids is 5. The van der Waals surface area contributed by atoms with Gasteiger partial charge in [-0.05, 0) is 85.3 Å². The third kappa shape index (κ3) is 9.27. The van der Waals surface area contributed by atoms with E-state index in [9.17, 15) is 32.4 Å².